The van der Waals surface area contributed by atoms with Crippen molar-refractivity contribution >= 4 is 21.8 Å². The van der Waals surface area contributed by atoms with Crippen molar-refractivity contribution in [1.82, 2.24) is 4.90 Å². The van der Waals surface area contributed by atoms with E-state index in [4.69, 9.17) is 4.74 Å². The third kappa shape index (κ3) is 1.79. The molecule has 1 aromatic rings. The van der Waals surface area contributed by atoms with Gasteiger partial charge in [0.1, 0.15) is 0 Å². The van der Waals surface area contributed by atoms with Crippen molar-refractivity contribution in [2.24, 2.45) is 5.41 Å². The fourth-order valence-corrected chi connectivity index (χ4v) is 2.99. The van der Waals surface area contributed by atoms with Crippen LogP contribution in [0.1, 0.15) is 15.9 Å². The predicted molar refractivity (Wildman–Crippen MR) is 68.0 cm³/mol. The maximum Gasteiger partial charge on any atom is 0.254 e. The van der Waals surface area contributed by atoms with E-state index in [-0.39, 0.29) is 5.91 Å². The van der Waals surface area contributed by atoms with Crippen LogP contribution < -0.4 is 0 Å². The Morgan fingerprint density at radius 1 is 1.41 bits per heavy atom. The van der Waals surface area contributed by atoms with Crippen LogP contribution >= 0.6 is 15.9 Å². The number of ether oxygens (including phenoxy) is 1. The normalized spacial score (nSPS) is 20.9. The molecule has 3 nitrogen and oxygen atoms in total. The lowest BCUT2D eigenvalue weighted by Gasteiger charge is -2.55. The molecule has 1 spiro atoms. The SMILES string of the molecule is Cc1cc(Br)ccc1C(=O)N1CC2(COC2)C1. The largest absolute Gasteiger partial charge is 0.380 e. The zero-order valence-electron chi connectivity index (χ0n) is 9.70. The first-order valence-corrected chi connectivity index (χ1v) is 6.52. The molecular weight excluding hydrogens is 282 g/mol. The van der Waals surface area contributed by atoms with Gasteiger partial charge in [-0.25, -0.2) is 0 Å². The monoisotopic (exact) mass is 295 g/mol. The fourth-order valence-electron chi connectivity index (χ4n) is 2.52. The van der Waals surface area contributed by atoms with Crippen molar-refractivity contribution in [1.29, 1.82) is 0 Å². The van der Waals surface area contributed by atoms with Crippen molar-refractivity contribution in [2.75, 3.05) is 26.3 Å². The Labute approximate surface area is 109 Å². The molecule has 0 aliphatic carbocycles. The van der Waals surface area contributed by atoms with E-state index < -0.39 is 0 Å². The highest BCUT2D eigenvalue weighted by atomic mass is 79.9. The summed E-state index contributed by atoms with van der Waals surface area (Å²) < 4.78 is 6.22. The molecule has 2 aliphatic heterocycles. The lowest BCUT2D eigenvalue weighted by Crippen LogP contribution is -2.67. The second-order valence-electron chi connectivity index (χ2n) is 5.11. The van der Waals surface area contributed by atoms with Gasteiger partial charge in [-0.3, -0.25) is 4.79 Å². The van der Waals surface area contributed by atoms with Crippen LogP contribution in [-0.2, 0) is 4.74 Å². The van der Waals surface area contributed by atoms with Crippen molar-refractivity contribution in [3.63, 3.8) is 0 Å². The number of benzene rings is 1. The van der Waals surface area contributed by atoms with E-state index in [1.165, 1.54) is 0 Å². The Hall–Kier alpha value is -0.870. The van der Waals surface area contributed by atoms with E-state index in [1.807, 2.05) is 30.0 Å². The van der Waals surface area contributed by atoms with E-state index in [0.29, 0.717) is 5.41 Å². The lowest BCUT2D eigenvalue weighted by molar-refractivity contribution is -0.176. The van der Waals surface area contributed by atoms with Gasteiger partial charge in [0, 0.05) is 23.1 Å². The molecule has 1 aromatic carbocycles. The molecule has 2 saturated heterocycles. The number of halogens is 1. The molecule has 4 heteroatoms. The Morgan fingerprint density at radius 2 is 2.12 bits per heavy atom. The molecule has 2 heterocycles. The van der Waals surface area contributed by atoms with Crippen LogP contribution in [0.5, 0.6) is 0 Å². The van der Waals surface area contributed by atoms with Crippen LogP contribution in [0.2, 0.25) is 0 Å². The van der Waals surface area contributed by atoms with Crippen molar-refractivity contribution in [3.8, 4) is 0 Å². The average molecular weight is 296 g/mol. The van der Waals surface area contributed by atoms with Crippen LogP contribution in [0.4, 0.5) is 0 Å². The minimum absolute atomic E-state index is 0.146. The molecule has 0 unspecified atom stereocenters. The molecule has 0 atom stereocenters. The highest BCUT2D eigenvalue weighted by Gasteiger charge is 2.50. The molecular formula is C13H14BrNO2. The van der Waals surface area contributed by atoms with Crippen molar-refractivity contribution < 1.29 is 9.53 Å². The standard InChI is InChI=1S/C13H14BrNO2/c1-9-4-10(14)2-3-11(9)12(16)15-5-13(6-15)7-17-8-13/h2-4H,5-8H2,1H3. The number of amides is 1. The minimum Gasteiger partial charge on any atom is -0.380 e. The smallest absolute Gasteiger partial charge is 0.254 e. The van der Waals surface area contributed by atoms with Crippen LogP contribution in [0.3, 0.4) is 0 Å². The van der Waals surface area contributed by atoms with Crippen LogP contribution in [0.25, 0.3) is 0 Å². The number of carbonyl (C=O) groups is 1. The summed E-state index contributed by atoms with van der Waals surface area (Å²) in [6, 6.07) is 5.79. The Kier molecular flexibility index (Phi) is 2.52. The molecule has 0 radical (unpaired) electrons. The number of nitrogens with zero attached hydrogens (tertiary/aromatic N) is 1. The fraction of sp³-hybridized carbons (Fsp3) is 0.462. The Bertz CT molecular complexity index is 474. The number of aryl methyl sites for hydroxylation is 1. The number of hydrogen-bond donors (Lipinski definition) is 0. The summed E-state index contributed by atoms with van der Waals surface area (Å²) in [5, 5.41) is 0. The Balaban J connectivity index is 1.74. The van der Waals surface area contributed by atoms with Crippen LogP contribution in [0, 0.1) is 12.3 Å². The number of hydrogen-bond acceptors (Lipinski definition) is 2. The third-order valence-electron chi connectivity index (χ3n) is 3.58. The van der Waals surface area contributed by atoms with Gasteiger partial charge in [-0.15, -0.1) is 0 Å². The summed E-state index contributed by atoms with van der Waals surface area (Å²) in [7, 11) is 0. The zero-order chi connectivity index (χ0) is 12.0. The molecule has 0 N–H and O–H groups in total. The van der Waals surface area contributed by atoms with Gasteiger partial charge in [0.15, 0.2) is 0 Å². The van der Waals surface area contributed by atoms with Crippen LogP contribution in [0.15, 0.2) is 22.7 Å². The Morgan fingerprint density at radius 3 is 2.65 bits per heavy atom. The molecule has 3 rings (SSSR count). The van der Waals surface area contributed by atoms with Gasteiger partial charge < -0.3 is 9.64 Å². The maximum absolute atomic E-state index is 12.3. The second-order valence-corrected chi connectivity index (χ2v) is 6.03. The first-order chi connectivity index (χ1) is 8.10. The number of carbonyl (C=O) groups excluding carboxylic acids is 1. The van der Waals surface area contributed by atoms with E-state index in [9.17, 15) is 4.79 Å². The maximum atomic E-state index is 12.3. The van der Waals surface area contributed by atoms with E-state index in [1.54, 1.807) is 0 Å². The van der Waals surface area contributed by atoms with Crippen molar-refractivity contribution in [2.45, 2.75) is 6.92 Å². The van der Waals surface area contributed by atoms with E-state index in [0.717, 1.165) is 41.9 Å². The summed E-state index contributed by atoms with van der Waals surface area (Å²) >= 11 is 3.41. The molecule has 2 fully saturated rings. The molecule has 90 valence electrons. The van der Waals surface area contributed by atoms with E-state index >= 15 is 0 Å². The van der Waals surface area contributed by atoms with Gasteiger partial charge in [0.25, 0.3) is 5.91 Å². The molecule has 0 bridgehead atoms. The topological polar surface area (TPSA) is 29.5 Å². The molecule has 0 saturated carbocycles. The lowest BCUT2D eigenvalue weighted by atomic mass is 9.77. The zero-order valence-corrected chi connectivity index (χ0v) is 11.3. The quantitative estimate of drug-likeness (QED) is 0.795. The number of likely N-dealkylation sites (tertiary alicyclic amines) is 1. The molecule has 17 heavy (non-hydrogen) atoms. The van der Waals surface area contributed by atoms with Gasteiger partial charge >= 0.3 is 0 Å². The van der Waals surface area contributed by atoms with E-state index in [2.05, 4.69) is 15.9 Å². The van der Waals surface area contributed by atoms with Gasteiger partial charge in [-0.2, -0.15) is 0 Å². The van der Waals surface area contributed by atoms with Crippen LogP contribution in [-0.4, -0.2) is 37.1 Å². The molecule has 0 aromatic heterocycles. The molecule has 2 aliphatic rings. The minimum atomic E-state index is 0.146. The third-order valence-corrected chi connectivity index (χ3v) is 4.07. The molecule has 1 amide bonds. The summed E-state index contributed by atoms with van der Waals surface area (Å²) in [6.07, 6.45) is 0. The summed E-state index contributed by atoms with van der Waals surface area (Å²) in [4.78, 5) is 14.2. The highest BCUT2D eigenvalue weighted by Crippen LogP contribution is 2.38. The summed E-state index contributed by atoms with van der Waals surface area (Å²) in [5.74, 6) is 0.146. The highest BCUT2D eigenvalue weighted by molar-refractivity contribution is 9.10. The van der Waals surface area contributed by atoms with Gasteiger partial charge in [-0.05, 0) is 30.7 Å². The average Bonchev–Trinajstić information content (AvgIpc) is 2.12. The number of rotatable bonds is 1. The van der Waals surface area contributed by atoms with Gasteiger partial charge in [0.2, 0.25) is 0 Å². The second kappa shape index (κ2) is 3.82. The summed E-state index contributed by atoms with van der Waals surface area (Å²) in [6.45, 7) is 5.30. The van der Waals surface area contributed by atoms with Crippen molar-refractivity contribution in [3.05, 3.63) is 33.8 Å². The van der Waals surface area contributed by atoms with Gasteiger partial charge in [-0.1, -0.05) is 15.9 Å². The van der Waals surface area contributed by atoms with Gasteiger partial charge in [0.05, 0.1) is 18.6 Å². The summed E-state index contributed by atoms with van der Waals surface area (Å²) in [5.41, 5.74) is 2.12. The first-order valence-electron chi connectivity index (χ1n) is 5.73. The predicted octanol–water partition coefficient (Wildman–Crippen LogP) is 2.23. The first kappa shape index (κ1) is 11.2.